The van der Waals surface area contributed by atoms with Crippen LogP contribution in [0.15, 0.2) is 142 Å². The predicted molar refractivity (Wildman–Crippen MR) is 201 cm³/mol. The summed E-state index contributed by atoms with van der Waals surface area (Å²) in [5.74, 6) is 4.04. The van der Waals surface area contributed by atoms with E-state index in [1.807, 2.05) is 0 Å². The van der Waals surface area contributed by atoms with Crippen molar-refractivity contribution >= 4 is 33.9 Å². The number of nitrogens with one attached hydrogen (secondary N) is 1. The van der Waals surface area contributed by atoms with Gasteiger partial charge in [0.25, 0.3) is 17.5 Å². The summed E-state index contributed by atoms with van der Waals surface area (Å²) in [7, 11) is 16.5. The SMILES string of the molecule is CN1C=CN(C)C1=C1C2=NC(=C(c3n(C)cc[n+]3C)C3=NC(=C(c4n(C)cc[n+]4C)c4ccc([nH]4)C(c4n(C)cc[n+]4C)=C4C=CC1=N4)C=C3)C=C2. The molecule has 0 fully saturated rings. The molecule has 12 nitrogen and oxygen atoms in total. The van der Waals surface area contributed by atoms with Crippen molar-refractivity contribution in [3.05, 3.63) is 156 Å². The summed E-state index contributed by atoms with van der Waals surface area (Å²) < 4.78 is 12.8. The zero-order valence-electron chi connectivity index (χ0n) is 30.7. The van der Waals surface area contributed by atoms with E-state index in [0.717, 1.165) is 91.2 Å². The van der Waals surface area contributed by atoms with Gasteiger partial charge in [-0.15, -0.1) is 0 Å². The van der Waals surface area contributed by atoms with E-state index in [-0.39, 0.29) is 0 Å². The van der Waals surface area contributed by atoms with Crippen LogP contribution in [0.3, 0.4) is 0 Å². The maximum absolute atomic E-state index is 5.42. The summed E-state index contributed by atoms with van der Waals surface area (Å²) in [6.07, 6.45) is 29.2. The first kappa shape index (κ1) is 31.4. The number of aromatic amines is 1. The third-order valence-corrected chi connectivity index (χ3v) is 10.3. The fraction of sp³-hybridized carbons (Fsp3) is 0.200. The van der Waals surface area contributed by atoms with Gasteiger partial charge in [-0.3, -0.25) is 0 Å². The Kier molecular flexibility index (Phi) is 6.94. The number of aromatic nitrogens is 7. The van der Waals surface area contributed by atoms with E-state index < -0.39 is 0 Å². The van der Waals surface area contributed by atoms with Gasteiger partial charge in [0.2, 0.25) is 0 Å². The van der Waals surface area contributed by atoms with Crippen LogP contribution in [-0.4, -0.2) is 59.7 Å². The molecule has 0 amide bonds. The van der Waals surface area contributed by atoms with Gasteiger partial charge in [-0.2, -0.15) is 0 Å². The van der Waals surface area contributed by atoms with E-state index in [1.54, 1.807) is 0 Å². The molecule has 52 heavy (non-hydrogen) atoms. The molecule has 4 aromatic heterocycles. The van der Waals surface area contributed by atoms with Gasteiger partial charge in [0.05, 0.1) is 93.5 Å². The molecular weight excluding hydrogens is 649 g/mol. The van der Waals surface area contributed by atoms with Gasteiger partial charge in [0, 0.05) is 26.5 Å². The highest BCUT2D eigenvalue weighted by molar-refractivity contribution is 6.36. The minimum Gasteiger partial charge on any atom is -0.354 e. The van der Waals surface area contributed by atoms with Crippen LogP contribution in [0.25, 0.3) is 16.7 Å². The molecule has 0 aliphatic carbocycles. The van der Waals surface area contributed by atoms with Crippen molar-refractivity contribution in [2.24, 2.45) is 57.3 Å². The molecule has 5 aliphatic rings. The predicted octanol–water partition coefficient (Wildman–Crippen LogP) is 3.04. The number of hydrogen-bond donors (Lipinski definition) is 1. The molecule has 0 saturated heterocycles. The summed E-state index contributed by atoms with van der Waals surface area (Å²) >= 11 is 0. The Labute approximate surface area is 302 Å². The number of H-pyrrole nitrogens is 1. The lowest BCUT2D eigenvalue weighted by Gasteiger charge is -2.22. The average molecular weight is 690 g/mol. The molecule has 0 atom stereocenters. The van der Waals surface area contributed by atoms with E-state index in [9.17, 15) is 0 Å². The number of aryl methyl sites for hydroxylation is 6. The normalized spacial score (nSPS) is 18.0. The Morgan fingerprint density at radius 2 is 0.846 bits per heavy atom. The van der Waals surface area contributed by atoms with Gasteiger partial charge >= 0.3 is 0 Å². The number of hydrogen-bond acceptors (Lipinski definition) is 5. The van der Waals surface area contributed by atoms with Crippen molar-refractivity contribution in [2.45, 2.75) is 0 Å². The van der Waals surface area contributed by atoms with Gasteiger partial charge in [-0.25, -0.2) is 42.4 Å². The second-order valence-corrected chi connectivity index (χ2v) is 13.8. The molecular formula is C40H41N12+3. The first-order chi connectivity index (χ1) is 25.1. The van der Waals surface area contributed by atoms with Crippen LogP contribution in [0.4, 0.5) is 0 Å². The third kappa shape index (κ3) is 4.67. The number of allylic oxidation sites excluding steroid dienone is 8. The van der Waals surface area contributed by atoms with Crippen LogP contribution in [0.2, 0.25) is 0 Å². The Morgan fingerprint density at radius 3 is 1.23 bits per heavy atom. The highest BCUT2D eigenvalue weighted by Crippen LogP contribution is 2.37. The zero-order chi connectivity index (χ0) is 36.0. The molecule has 0 aromatic carbocycles. The van der Waals surface area contributed by atoms with Crippen LogP contribution in [0.1, 0.15) is 28.9 Å². The van der Waals surface area contributed by atoms with E-state index >= 15 is 0 Å². The molecule has 4 aromatic rings. The number of aliphatic imine (C=N–C) groups is 3. The van der Waals surface area contributed by atoms with Gasteiger partial charge in [0.1, 0.15) is 59.7 Å². The summed E-state index contributed by atoms with van der Waals surface area (Å²) in [4.78, 5) is 24.4. The molecule has 0 unspecified atom stereocenters. The minimum absolute atomic E-state index is 0.835. The van der Waals surface area contributed by atoms with Crippen molar-refractivity contribution < 1.29 is 13.7 Å². The van der Waals surface area contributed by atoms with E-state index in [0.29, 0.717) is 0 Å². The van der Waals surface area contributed by atoms with Crippen molar-refractivity contribution in [3.63, 3.8) is 0 Å². The molecule has 0 spiro atoms. The fourth-order valence-corrected chi connectivity index (χ4v) is 7.85. The monoisotopic (exact) mass is 689 g/mol. The summed E-state index contributed by atoms with van der Waals surface area (Å²) in [5.41, 5.74) is 10.8. The lowest BCUT2D eigenvalue weighted by molar-refractivity contribution is -0.673. The summed E-state index contributed by atoms with van der Waals surface area (Å²) in [6.45, 7) is 0. The van der Waals surface area contributed by atoms with E-state index in [1.165, 1.54) is 0 Å². The summed E-state index contributed by atoms with van der Waals surface area (Å²) in [5, 5.41) is 0. The van der Waals surface area contributed by atoms with Crippen molar-refractivity contribution in [1.29, 1.82) is 0 Å². The second-order valence-electron chi connectivity index (χ2n) is 13.8. The topological polar surface area (TPSA) is 85.8 Å². The second kappa shape index (κ2) is 11.5. The maximum atomic E-state index is 5.42. The number of fused-ring (bicyclic) bond motifs is 5. The molecule has 5 aliphatic heterocycles. The maximum Gasteiger partial charge on any atom is 0.292 e. The smallest absolute Gasteiger partial charge is 0.292 e. The molecule has 12 heteroatoms. The van der Waals surface area contributed by atoms with Crippen molar-refractivity contribution in [3.8, 4) is 0 Å². The van der Waals surface area contributed by atoms with E-state index in [2.05, 4.69) is 197 Å². The molecule has 258 valence electrons. The molecule has 0 saturated carbocycles. The van der Waals surface area contributed by atoms with Crippen molar-refractivity contribution in [1.82, 2.24) is 28.5 Å². The van der Waals surface area contributed by atoms with Crippen LogP contribution < -0.4 is 13.7 Å². The Hall–Kier alpha value is -6.56. The lowest BCUT2D eigenvalue weighted by atomic mass is 10.0. The largest absolute Gasteiger partial charge is 0.354 e. The quantitative estimate of drug-likeness (QED) is 0.336. The Bertz CT molecular complexity index is 2530. The van der Waals surface area contributed by atoms with Crippen LogP contribution in [-0.2, 0) is 42.3 Å². The van der Waals surface area contributed by atoms with Gasteiger partial charge < -0.3 is 14.8 Å². The highest BCUT2D eigenvalue weighted by atomic mass is 15.3. The van der Waals surface area contributed by atoms with Crippen LogP contribution >= 0.6 is 0 Å². The fourth-order valence-electron chi connectivity index (χ4n) is 7.85. The zero-order valence-corrected chi connectivity index (χ0v) is 30.7. The van der Waals surface area contributed by atoms with Gasteiger partial charge in [-0.05, 0) is 48.6 Å². The number of imidazole rings is 3. The van der Waals surface area contributed by atoms with Crippen molar-refractivity contribution in [2.75, 3.05) is 14.1 Å². The highest BCUT2D eigenvalue weighted by Gasteiger charge is 2.35. The Balaban J connectivity index is 1.41. The standard InChI is InChI=1S/C40H41N12/c1-45-17-18-46(2)37(45)33-25-9-11-27(41-25)34(38-47(3)19-20-48(38)4)29-13-15-31(43-29)36(40-51(7)23-24-52(40)8)32-16-14-30(44-32)35(28-12-10-26(33)42-28)39-49(5)21-22-50(39)6/h9-24,41H,1-8H3/q+3. The van der Waals surface area contributed by atoms with Gasteiger partial charge in [0.15, 0.2) is 0 Å². The van der Waals surface area contributed by atoms with Crippen LogP contribution in [0.5, 0.6) is 0 Å². The molecule has 0 radical (unpaired) electrons. The van der Waals surface area contributed by atoms with Gasteiger partial charge in [-0.1, -0.05) is 0 Å². The first-order valence-corrected chi connectivity index (χ1v) is 17.2. The van der Waals surface area contributed by atoms with E-state index in [4.69, 9.17) is 15.0 Å². The molecule has 8 bridgehead atoms. The number of nitrogens with zero attached hydrogens (tertiary/aromatic N) is 11. The number of rotatable bonds is 3. The molecule has 9 heterocycles. The summed E-state index contributed by atoms with van der Waals surface area (Å²) in [6, 6.07) is 4.32. The minimum atomic E-state index is 0.835. The average Bonchev–Trinajstić information content (AvgIpc) is 3.98. The molecule has 9 rings (SSSR count). The van der Waals surface area contributed by atoms with Crippen LogP contribution in [0, 0.1) is 0 Å². The molecule has 1 N–H and O–H groups in total. The lowest BCUT2D eigenvalue weighted by Crippen LogP contribution is -2.33. The Morgan fingerprint density at radius 1 is 0.481 bits per heavy atom. The first-order valence-electron chi connectivity index (χ1n) is 17.2. The third-order valence-electron chi connectivity index (χ3n) is 10.3.